The number of rotatable bonds is 2. The van der Waals surface area contributed by atoms with Crippen LogP contribution in [0.25, 0.3) is 0 Å². The molecule has 1 aromatic carbocycles. The van der Waals surface area contributed by atoms with Crippen molar-refractivity contribution in [3.63, 3.8) is 0 Å². The van der Waals surface area contributed by atoms with Gasteiger partial charge in [-0.05, 0) is 37.1 Å². The third-order valence-electron chi connectivity index (χ3n) is 2.14. The quantitative estimate of drug-likeness (QED) is 0.448. The molecule has 0 atom stereocenters. The summed E-state index contributed by atoms with van der Waals surface area (Å²) in [5.74, 6) is 0.750. The van der Waals surface area contributed by atoms with Gasteiger partial charge < -0.3 is 5.73 Å². The van der Waals surface area contributed by atoms with E-state index in [1.165, 1.54) is 0 Å². The van der Waals surface area contributed by atoms with Gasteiger partial charge in [0.25, 0.3) is 0 Å². The van der Waals surface area contributed by atoms with Crippen LogP contribution in [0.3, 0.4) is 0 Å². The summed E-state index contributed by atoms with van der Waals surface area (Å²) in [4.78, 5) is 8.43. The Balaban J connectivity index is 3.04. The number of nitrogens with zero attached hydrogens (tertiary/aromatic N) is 2. The maximum absolute atomic E-state index is 5.75. The molecule has 1 rings (SSSR count). The number of benzene rings is 1. The summed E-state index contributed by atoms with van der Waals surface area (Å²) in [5, 5.41) is 0. The van der Waals surface area contributed by atoms with E-state index in [2.05, 4.69) is 9.98 Å². The molecule has 0 spiro atoms. The van der Waals surface area contributed by atoms with Crippen LogP contribution in [0.1, 0.15) is 24.5 Å². The van der Waals surface area contributed by atoms with Crippen LogP contribution < -0.4 is 5.73 Å². The summed E-state index contributed by atoms with van der Waals surface area (Å²) in [5.41, 5.74) is 8.62. The number of aryl methyl sites for hydroxylation is 1. The van der Waals surface area contributed by atoms with Crippen molar-refractivity contribution in [2.24, 2.45) is 9.98 Å². The molecule has 0 bridgehead atoms. The van der Waals surface area contributed by atoms with E-state index < -0.39 is 0 Å². The van der Waals surface area contributed by atoms with Crippen LogP contribution in [-0.4, -0.2) is 19.1 Å². The normalized spacial score (nSPS) is 12.3. The SMILES string of the molecule is CC/C=N\C(=N/C)c1ccc(N)c(C)c1. The molecule has 15 heavy (non-hydrogen) atoms. The average molecular weight is 203 g/mol. The van der Waals surface area contributed by atoms with Crippen molar-refractivity contribution in [3.8, 4) is 0 Å². The van der Waals surface area contributed by atoms with E-state index in [0.29, 0.717) is 0 Å². The zero-order chi connectivity index (χ0) is 11.3. The fourth-order valence-corrected chi connectivity index (χ4v) is 1.25. The van der Waals surface area contributed by atoms with Crippen molar-refractivity contribution in [1.29, 1.82) is 0 Å². The first-order chi connectivity index (χ1) is 7.19. The summed E-state index contributed by atoms with van der Waals surface area (Å²) >= 11 is 0. The highest BCUT2D eigenvalue weighted by Gasteiger charge is 2.01. The second-order valence-corrected chi connectivity index (χ2v) is 3.34. The maximum Gasteiger partial charge on any atom is 0.153 e. The molecule has 0 saturated carbocycles. The van der Waals surface area contributed by atoms with Crippen LogP contribution in [0.5, 0.6) is 0 Å². The predicted molar refractivity (Wildman–Crippen MR) is 66.8 cm³/mol. The summed E-state index contributed by atoms with van der Waals surface area (Å²) in [6.45, 7) is 4.03. The minimum Gasteiger partial charge on any atom is -0.399 e. The smallest absolute Gasteiger partial charge is 0.153 e. The molecule has 3 heteroatoms. The number of aliphatic imine (C=N–C) groups is 2. The number of amidine groups is 1. The van der Waals surface area contributed by atoms with E-state index in [-0.39, 0.29) is 0 Å². The van der Waals surface area contributed by atoms with Crippen LogP contribution in [0.2, 0.25) is 0 Å². The first kappa shape index (κ1) is 11.4. The molecule has 1 aromatic rings. The van der Waals surface area contributed by atoms with Gasteiger partial charge in [-0.2, -0.15) is 0 Å². The molecule has 2 N–H and O–H groups in total. The van der Waals surface area contributed by atoms with E-state index in [1.807, 2.05) is 38.3 Å². The van der Waals surface area contributed by atoms with Crippen molar-refractivity contribution < 1.29 is 0 Å². The molecule has 0 amide bonds. The molecule has 0 aromatic heterocycles. The van der Waals surface area contributed by atoms with Gasteiger partial charge in [-0.25, -0.2) is 4.99 Å². The molecule has 0 radical (unpaired) electrons. The molecule has 0 heterocycles. The van der Waals surface area contributed by atoms with Crippen molar-refractivity contribution in [2.75, 3.05) is 12.8 Å². The molecule has 0 aliphatic heterocycles. The first-order valence-corrected chi connectivity index (χ1v) is 5.04. The van der Waals surface area contributed by atoms with Gasteiger partial charge in [0.1, 0.15) is 0 Å². The van der Waals surface area contributed by atoms with Crippen molar-refractivity contribution in [3.05, 3.63) is 29.3 Å². The molecule has 80 valence electrons. The van der Waals surface area contributed by atoms with Gasteiger partial charge >= 0.3 is 0 Å². The Morgan fingerprint density at radius 3 is 2.73 bits per heavy atom. The van der Waals surface area contributed by atoms with Crippen LogP contribution >= 0.6 is 0 Å². The lowest BCUT2D eigenvalue weighted by atomic mass is 10.1. The van der Waals surface area contributed by atoms with E-state index >= 15 is 0 Å². The molecule has 0 fully saturated rings. The fourth-order valence-electron chi connectivity index (χ4n) is 1.25. The predicted octanol–water partition coefficient (Wildman–Crippen LogP) is 2.43. The Labute approximate surface area is 90.8 Å². The standard InChI is InChI=1S/C12H17N3/c1-4-7-15-12(14-3)10-5-6-11(13)9(2)8-10/h5-8H,4,13H2,1-3H3/b14-12-,15-7-. The zero-order valence-corrected chi connectivity index (χ0v) is 9.49. The Kier molecular flexibility index (Phi) is 4.03. The highest BCUT2D eigenvalue weighted by Crippen LogP contribution is 2.13. The van der Waals surface area contributed by atoms with Crippen LogP contribution in [0, 0.1) is 6.92 Å². The van der Waals surface area contributed by atoms with Gasteiger partial charge in [0.2, 0.25) is 0 Å². The average Bonchev–Trinajstić information content (AvgIpc) is 2.24. The lowest BCUT2D eigenvalue weighted by Crippen LogP contribution is -1.99. The molecule has 0 aliphatic carbocycles. The Bertz CT molecular complexity index is 392. The molecular weight excluding hydrogens is 186 g/mol. The van der Waals surface area contributed by atoms with E-state index in [1.54, 1.807) is 7.05 Å². The van der Waals surface area contributed by atoms with Crippen molar-refractivity contribution in [1.82, 2.24) is 0 Å². The van der Waals surface area contributed by atoms with E-state index in [4.69, 9.17) is 5.73 Å². The highest BCUT2D eigenvalue weighted by atomic mass is 14.9. The molecular formula is C12H17N3. The molecule has 0 aliphatic rings. The van der Waals surface area contributed by atoms with Crippen LogP contribution in [-0.2, 0) is 0 Å². The Morgan fingerprint density at radius 2 is 2.20 bits per heavy atom. The third-order valence-corrected chi connectivity index (χ3v) is 2.14. The Hall–Kier alpha value is -1.64. The number of nitrogens with two attached hydrogens (primary N) is 1. The topological polar surface area (TPSA) is 50.7 Å². The highest BCUT2D eigenvalue weighted by molar-refractivity contribution is 6.03. The van der Waals surface area contributed by atoms with E-state index in [0.717, 1.165) is 29.1 Å². The van der Waals surface area contributed by atoms with Gasteiger partial charge in [-0.15, -0.1) is 0 Å². The summed E-state index contributed by atoms with van der Waals surface area (Å²) in [7, 11) is 1.74. The molecule has 3 nitrogen and oxygen atoms in total. The number of hydrogen-bond donors (Lipinski definition) is 1. The number of hydrogen-bond acceptors (Lipinski definition) is 2. The van der Waals surface area contributed by atoms with Gasteiger partial charge in [-0.1, -0.05) is 6.92 Å². The third kappa shape index (κ3) is 2.91. The second-order valence-electron chi connectivity index (χ2n) is 3.34. The Morgan fingerprint density at radius 1 is 1.47 bits per heavy atom. The van der Waals surface area contributed by atoms with Gasteiger partial charge in [0.15, 0.2) is 5.84 Å². The van der Waals surface area contributed by atoms with Gasteiger partial charge in [0.05, 0.1) is 0 Å². The van der Waals surface area contributed by atoms with Gasteiger partial charge in [-0.3, -0.25) is 4.99 Å². The lowest BCUT2D eigenvalue weighted by Gasteiger charge is -2.04. The summed E-state index contributed by atoms with van der Waals surface area (Å²) < 4.78 is 0. The minimum absolute atomic E-state index is 0.750. The monoisotopic (exact) mass is 203 g/mol. The summed E-state index contributed by atoms with van der Waals surface area (Å²) in [6, 6.07) is 5.83. The van der Waals surface area contributed by atoms with Crippen LogP contribution in [0.15, 0.2) is 28.2 Å². The van der Waals surface area contributed by atoms with Gasteiger partial charge in [0, 0.05) is 24.5 Å². The zero-order valence-electron chi connectivity index (χ0n) is 9.49. The second kappa shape index (κ2) is 5.29. The maximum atomic E-state index is 5.75. The first-order valence-electron chi connectivity index (χ1n) is 5.04. The van der Waals surface area contributed by atoms with Crippen LogP contribution in [0.4, 0.5) is 5.69 Å². The van der Waals surface area contributed by atoms with Crippen molar-refractivity contribution in [2.45, 2.75) is 20.3 Å². The number of anilines is 1. The fraction of sp³-hybridized carbons (Fsp3) is 0.333. The largest absolute Gasteiger partial charge is 0.399 e. The van der Waals surface area contributed by atoms with E-state index in [9.17, 15) is 0 Å². The lowest BCUT2D eigenvalue weighted by molar-refractivity contribution is 1.31. The molecule has 0 saturated heterocycles. The summed E-state index contributed by atoms with van der Waals surface area (Å²) in [6.07, 6.45) is 2.76. The van der Waals surface area contributed by atoms with Crippen molar-refractivity contribution >= 4 is 17.7 Å². The minimum atomic E-state index is 0.750. The number of nitrogen functional groups attached to an aromatic ring is 1. The molecule has 0 unspecified atom stereocenters.